The number of aliphatic carboxylic acids is 2. The van der Waals surface area contributed by atoms with E-state index in [1.807, 2.05) is 81.6 Å². The number of phenols is 4. The molecule has 8 aromatic carbocycles. The lowest BCUT2D eigenvalue weighted by molar-refractivity contribution is -0.139. The molecule has 0 radical (unpaired) electrons. The quantitative estimate of drug-likeness (QED) is 0.0280. The van der Waals surface area contributed by atoms with E-state index in [2.05, 4.69) is 244 Å². The molecule has 0 saturated heterocycles. The van der Waals surface area contributed by atoms with Crippen LogP contribution in [-0.4, -0.2) is 90.9 Å². The van der Waals surface area contributed by atoms with Gasteiger partial charge in [0, 0.05) is 0 Å². The molecule has 16 N–H and O–H groups in total. The summed E-state index contributed by atoms with van der Waals surface area (Å²) in [4.78, 5) is 38.4. The van der Waals surface area contributed by atoms with E-state index in [0.29, 0.717) is 56.1 Å². The summed E-state index contributed by atoms with van der Waals surface area (Å²) >= 11 is 25.6. The van der Waals surface area contributed by atoms with Crippen molar-refractivity contribution in [2.24, 2.45) is 22.9 Å². The maximum atomic E-state index is 10.9. The van der Waals surface area contributed by atoms with Crippen molar-refractivity contribution in [1.82, 2.24) is 0 Å². The summed E-state index contributed by atoms with van der Waals surface area (Å²) in [5.41, 5.74) is 26.4. The number of halogens is 12. The van der Waals surface area contributed by atoms with Crippen LogP contribution in [0.15, 0.2) is 121 Å². The van der Waals surface area contributed by atoms with Crippen LogP contribution in [0.1, 0.15) is 22.3 Å². The van der Waals surface area contributed by atoms with Crippen molar-refractivity contribution in [1.29, 1.82) is 0 Å². The van der Waals surface area contributed by atoms with Crippen molar-refractivity contribution in [2.75, 3.05) is 13.1 Å². The Balaban J connectivity index is 0.000000312. The van der Waals surface area contributed by atoms with Crippen molar-refractivity contribution in [2.45, 2.75) is 37.8 Å². The van der Waals surface area contributed by atoms with Gasteiger partial charge >= 0.3 is 11.9 Å². The molecule has 8 rings (SSSR count). The molecular formula is C60H52I12N4O16. The lowest BCUT2D eigenvalue weighted by Crippen LogP contribution is -2.32. The molecular weight excluding hydrogens is 2560 g/mol. The Kier molecular flexibility index (Phi) is 40.5. The first kappa shape index (κ1) is 84.9. The van der Waals surface area contributed by atoms with Crippen molar-refractivity contribution in [3.63, 3.8) is 0 Å². The second kappa shape index (κ2) is 43.9. The predicted molar refractivity (Wildman–Crippen MR) is 453 cm³/mol. The summed E-state index contributed by atoms with van der Waals surface area (Å²) in [5.74, 6) is 4.67. The van der Waals surface area contributed by atoms with Crippen LogP contribution in [-0.2, 0) is 44.9 Å². The highest BCUT2D eigenvalue weighted by Gasteiger charge is 2.19. The van der Waals surface area contributed by atoms with Gasteiger partial charge in [0.05, 0.1) is 42.8 Å². The number of carboxylic acids is 2. The van der Waals surface area contributed by atoms with Gasteiger partial charge in [-0.3, -0.25) is 19.2 Å². The molecule has 92 heavy (non-hydrogen) atoms. The van der Waals surface area contributed by atoms with Gasteiger partial charge < -0.3 is 82.7 Å². The molecule has 0 aliphatic rings. The number of benzene rings is 8. The fourth-order valence-electron chi connectivity index (χ4n) is 7.03. The molecule has 0 heterocycles. The number of ether oxygens (including phenoxy) is 4. The summed E-state index contributed by atoms with van der Waals surface area (Å²) in [6.07, 6.45) is 2.26. The van der Waals surface area contributed by atoms with Crippen LogP contribution in [0.5, 0.6) is 69.0 Å². The van der Waals surface area contributed by atoms with E-state index in [-0.39, 0.29) is 48.8 Å². The van der Waals surface area contributed by atoms with E-state index in [9.17, 15) is 30.0 Å². The summed E-state index contributed by atoms with van der Waals surface area (Å²) < 4.78 is 33.7. The molecule has 0 fully saturated rings. The van der Waals surface area contributed by atoms with Gasteiger partial charge in [0.25, 0.3) is 12.9 Å². The summed E-state index contributed by atoms with van der Waals surface area (Å²) in [5, 5.41) is 70.2. The summed E-state index contributed by atoms with van der Waals surface area (Å²) in [6, 6.07) is 35.0. The maximum Gasteiger partial charge on any atom is 0.320 e. The third kappa shape index (κ3) is 29.2. The molecule has 32 heteroatoms. The van der Waals surface area contributed by atoms with Gasteiger partial charge in [-0.05, 0) is 441 Å². The van der Waals surface area contributed by atoms with E-state index in [1.54, 1.807) is 66.7 Å². The highest BCUT2D eigenvalue weighted by molar-refractivity contribution is 14.1. The maximum absolute atomic E-state index is 10.9. The van der Waals surface area contributed by atoms with Gasteiger partial charge in [0.1, 0.15) is 69.6 Å². The fourth-order valence-corrected chi connectivity index (χ4v) is 17.0. The Labute approximate surface area is 692 Å². The molecule has 0 amide bonds. The molecule has 20 nitrogen and oxygen atoms in total. The van der Waals surface area contributed by atoms with Crippen LogP contribution in [0.3, 0.4) is 0 Å². The largest absolute Gasteiger partial charge is 0.507 e. The zero-order valence-corrected chi connectivity index (χ0v) is 72.7. The molecule has 492 valence electrons. The number of carboxylic acid groups (broad SMARTS) is 4. The SMILES string of the molecule is NC(Cc1cc(I)c(Oc2cc(I)c(O)c(I)c2)c(I)c1)C(=O)O.NC(Cc1ccc(Oc2cc(I)c(O)c(I)c2)c(I)c1)C(=O)O.NCCc1cc(I)c(Oc2ccc(O)c(I)c2)c(I)c1.NCCc1ccc(Oc2ccc(O)c(I)c2)c(I)c1.O=CO.O=CO. The number of aromatic hydroxyl groups is 4. The van der Waals surface area contributed by atoms with Crippen LogP contribution in [0.4, 0.5) is 0 Å². The number of phenolic OH excluding ortho intramolecular Hbond substituents is 4. The van der Waals surface area contributed by atoms with E-state index in [1.165, 1.54) is 11.1 Å². The average Bonchev–Trinajstić information content (AvgIpc) is 0.881. The van der Waals surface area contributed by atoms with Gasteiger partial charge in [0.15, 0.2) is 11.5 Å². The topological polar surface area (TPSA) is 371 Å². The normalized spacial score (nSPS) is 10.9. The lowest BCUT2D eigenvalue weighted by atomic mass is 10.1. The van der Waals surface area contributed by atoms with E-state index < -0.39 is 24.0 Å². The molecule has 2 unspecified atom stereocenters. The van der Waals surface area contributed by atoms with Crippen LogP contribution >= 0.6 is 271 Å². The Morgan fingerprint density at radius 1 is 0.380 bits per heavy atom. The highest BCUT2D eigenvalue weighted by atomic mass is 127. The van der Waals surface area contributed by atoms with Gasteiger partial charge in [-0.25, -0.2) is 0 Å². The molecule has 2 atom stereocenters. The van der Waals surface area contributed by atoms with Gasteiger partial charge in [0.2, 0.25) is 0 Å². The zero-order chi connectivity index (χ0) is 69.1. The minimum Gasteiger partial charge on any atom is -0.507 e. The smallest absolute Gasteiger partial charge is 0.320 e. The Bertz CT molecular complexity index is 3740. The second-order valence-electron chi connectivity index (χ2n) is 18.0. The van der Waals surface area contributed by atoms with E-state index >= 15 is 0 Å². The molecule has 0 aromatic heterocycles. The summed E-state index contributed by atoms with van der Waals surface area (Å²) in [7, 11) is 0. The number of nitrogens with two attached hydrogens (primary N) is 4. The van der Waals surface area contributed by atoms with Crippen molar-refractivity contribution in [3.05, 3.63) is 186 Å². The first-order chi connectivity index (χ1) is 43.4. The zero-order valence-electron chi connectivity index (χ0n) is 46.8. The minimum absolute atomic E-state index is 0.242. The molecule has 0 saturated carbocycles. The van der Waals surface area contributed by atoms with Gasteiger partial charge in [-0.2, -0.15) is 0 Å². The standard InChI is InChI=1S/C15H11I4NO4.C15H12I3NO4.C14H12I3NO2.C14H13I2NO2.2CH2O2/c16-8-4-7(5-9(17)13(8)21)24-14-10(18)1-6(2-11(14)19)3-12(20)15(22)23;16-9-3-7(4-12(19)15(21)22)1-2-13(9)23-8-5-10(17)14(20)11(18)6-8;15-10-7-9(1-2-13(10)19)20-14-11(16)5-8(3-4-18)6-12(14)17;15-11-8-10(2-3-13(11)18)19-14-4-1-9(5-6-17)7-12(14)16;2*2-1-3/h1-2,4-5,12,21H,3,20H2,(H,22,23);1-3,5-6,12,20H,4,19H2,(H,21,22);1-2,5-7,19H,3-4,18H2;1-4,7-8,18H,5-6,17H2;2*1H,(H,2,3). The van der Waals surface area contributed by atoms with Crippen LogP contribution in [0.25, 0.3) is 0 Å². The molecule has 0 bridgehead atoms. The average molecular weight is 2610 g/mol. The lowest BCUT2D eigenvalue weighted by Gasteiger charge is -2.14. The van der Waals surface area contributed by atoms with Gasteiger partial charge in [-0.1, -0.05) is 12.1 Å². The molecule has 0 aliphatic heterocycles. The van der Waals surface area contributed by atoms with Crippen molar-refractivity contribution >= 4 is 296 Å². The third-order valence-electron chi connectivity index (χ3n) is 11.2. The van der Waals surface area contributed by atoms with Crippen molar-refractivity contribution < 1.29 is 79.0 Å². The van der Waals surface area contributed by atoms with Crippen LogP contribution in [0.2, 0.25) is 0 Å². The summed E-state index contributed by atoms with van der Waals surface area (Å²) in [6.45, 7) is 0.787. The highest BCUT2D eigenvalue weighted by Crippen LogP contribution is 2.39. The predicted octanol–water partition coefficient (Wildman–Crippen LogP) is 16.3. The van der Waals surface area contributed by atoms with Crippen LogP contribution < -0.4 is 41.9 Å². The number of rotatable bonds is 18. The third-order valence-corrected chi connectivity index (χ3v) is 21.1. The molecule has 8 aromatic rings. The number of hydrogen-bond donors (Lipinski definition) is 12. The van der Waals surface area contributed by atoms with Gasteiger partial charge in [-0.15, -0.1) is 0 Å². The van der Waals surface area contributed by atoms with E-state index in [0.717, 1.165) is 69.8 Å². The first-order valence-electron chi connectivity index (χ1n) is 25.5. The fraction of sp³-hybridized carbons (Fsp3) is 0.133. The van der Waals surface area contributed by atoms with E-state index in [4.69, 9.17) is 71.9 Å². The molecule has 0 aliphatic carbocycles. The number of hydrogen-bond acceptors (Lipinski definition) is 16. The Morgan fingerprint density at radius 2 is 0.674 bits per heavy atom. The Hall–Kier alpha value is -1.36. The first-order valence-corrected chi connectivity index (χ1v) is 38.4. The van der Waals surface area contributed by atoms with Crippen molar-refractivity contribution in [3.8, 4) is 69.0 Å². The monoisotopic (exact) mass is 2610 g/mol. The Morgan fingerprint density at radius 3 is 1.04 bits per heavy atom. The van der Waals surface area contributed by atoms with Crippen LogP contribution in [0, 0.1) is 42.8 Å². The minimum atomic E-state index is -1.02. The second-order valence-corrected chi connectivity index (χ2v) is 31.9. The number of carbonyl (C=O) groups is 4. The molecule has 0 spiro atoms.